The lowest BCUT2D eigenvalue weighted by molar-refractivity contribution is 0.0947. The van der Waals surface area contributed by atoms with Crippen LogP contribution in [0.1, 0.15) is 55.4 Å². The second kappa shape index (κ2) is 9.00. The molecular weight excluding hydrogens is 388 g/mol. The first-order valence-electron chi connectivity index (χ1n) is 9.88. The van der Waals surface area contributed by atoms with Crippen molar-refractivity contribution in [2.24, 2.45) is 0 Å². The molecule has 1 aromatic carbocycles. The summed E-state index contributed by atoms with van der Waals surface area (Å²) in [5.41, 5.74) is 1.87. The topological polar surface area (TPSA) is 134 Å². The second-order valence-corrected chi connectivity index (χ2v) is 7.14. The van der Waals surface area contributed by atoms with Crippen LogP contribution >= 0.6 is 0 Å². The molecule has 0 spiro atoms. The Morgan fingerprint density at radius 3 is 2.50 bits per heavy atom. The van der Waals surface area contributed by atoms with E-state index in [9.17, 15) is 15.0 Å². The Bertz CT molecular complexity index is 1040. The SMILES string of the molecule is CCNCc1cc(-c2c(C(=O)NCC)noc2-c2cc(C(C)C)c(O)cc2O)on1. The molecule has 3 rings (SSSR count). The van der Waals surface area contributed by atoms with Gasteiger partial charge in [-0.3, -0.25) is 4.79 Å². The zero-order valence-electron chi connectivity index (χ0n) is 17.4. The molecule has 4 N–H and O–H groups in total. The van der Waals surface area contributed by atoms with Gasteiger partial charge in [0.05, 0.1) is 11.3 Å². The van der Waals surface area contributed by atoms with E-state index >= 15 is 0 Å². The van der Waals surface area contributed by atoms with E-state index in [0.717, 1.165) is 6.54 Å². The molecule has 0 fully saturated rings. The number of amides is 1. The molecule has 30 heavy (non-hydrogen) atoms. The molecule has 0 aliphatic carbocycles. The third-order valence-corrected chi connectivity index (χ3v) is 4.62. The van der Waals surface area contributed by atoms with E-state index in [1.54, 1.807) is 19.1 Å². The smallest absolute Gasteiger partial charge is 0.274 e. The Morgan fingerprint density at radius 2 is 1.83 bits per heavy atom. The molecule has 0 bridgehead atoms. The predicted molar refractivity (Wildman–Crippen MR) is 110 cm³/mol. The lowest BCUT2D eigenvalue weighted by atomic mass is 9.95. The maximum absolute atomic E-state index is 12.6. The van der Waals surface area contributed by atoms with Crippen LogP contribution in [0.2, 0.25) is 0 Å². The Kier molecular flexibility index (Phi) is 6.41. The highest BCUT2D eigenvalue weighted by molar-refractivity contribution is 6.01. The molecule has 9 heteroatoms. The summed E-state index contributed by atoms with van der Waals surface area (Å²) in [6.45, 7) is 9.28. The molecule has 9 nitrogen and oxygen atoms in total. The summed E-state index contributed by atoms with van der Waals surface area (Å²) in [6, 6.07) is 4.57. The molecule has 0 aliphatic heterocycles. The highest BCUT2D eigenvalue weighted by Gasteiger charge is 2.29. The molecule has 0 unspecified atom stereocenters. The van der Waals surface area contributed by atoms with Gasteiger partial charge in [-0.1, -0.05) is 31.1 Å². The van der Waals surface area contributed by atoms with Crippen molar-refractivity contribution in [3.63, 3.8) is 0 Å². The van der Waals surface area contributed by atoms with Crippen molar-refractivity contribution in [1.29, 1.82) is 0 Å². The minimum atomic E-state index is -0.436. The average Bonchev–Trinajstić information content (AvgIpc) is 3.33. The van der Waals surface area contributed by atoms with Crippen LogP contribution in [0.3, 0.4) is 0 Å². The van der Waals surface area contributed by atoms with Crippen molar-refractivity contribution in [2.45, 2.75) is 40.2 Å². The molecule has 0 saturated heterocycles. The van der Waals surface area contributed by atoms with Crippen LogP contribution in [0.15, 0.2) is 27.2 Å². The second-order valence-electron chi connectivity index (χ2n) is 7.14. The molecule has 2 heterocycles. The fourth-order valence-electron chi connectivity index (χ4n) is 3.11. The minimum Gasteiger partial charge on any atom is -0.508 e. The maximum atomic E-state index is 12.6. The van der Waals surface area contributed by atoms with Gasteiger partial charge < -0.3 is 29.9 Å². The van der Waals surface area contributed by atoms with Crippen molar-refractivity contribution >= 4 is 5.91 Å². The molecule has 2 aromatic heterocycles. The number of carbonyl (C=O) groups is 1. The van der Waals surface area contributed by atoms with Gasteiger partial charge in [-0.25, -0.2) is 0 Å². The van der Waals surface area contributed by atoms with Crippen LogP contribution in [0, 0.1) is 0 Å². The Morgan fingerprint density at radius 1 is 1.07 bits per heavy atom. The summed E-state index contributed by atoms with van der Waals surface area (Å²) in [5.74, 6) is -0.223. The van der Waals surface area contributed by atoms with Crippen LogP contribution in [0.4, 0.5) is 0 Å². The van der Waals surface area contributed by atoms with E-state index in [1.807, 2.05) is 20.8 Å². The van der Waals surface area contributed by atoms with E-state index in [4.69, 9.17) is 9.05 Å². The molecule has 3 aromatic rings. The first kappa shape index (κ1) is 21.4. The van der Waals surface area contributed by atoms with Crippen LogP contribution < -0.4 is 10.6 Å². The molecule has 0 atom stereocenters. The van der Waals surface area contributed by atoms with Crippen LogP contribution in [0.25, 0.3) is 22.6 Å². The number of aromatic hydroxyl groups is 2. The van der Waals surface area contributed by atoms with Crippen molar-refractivity contribution in [1.82, 2.24) is 20.9 Å². The van der Waals surface area contributed by atoms with E-state index in [0.29, 0.717) is 35.7 Å². The van der Waals surface area contributed by atoms with Gasteiger partial charge in [0.15, 0.2) is 17.2 Å². The Labute approximate surface area is 174 Å². The van der Waals surface area contributed by atoms with Crippen molar-refractivity contribution in [2.75, 3.05) is 13.1 Å². The number of rotatable bonds is 8. The monoisotopic (exact) mass is 414 g/mol. The predicted octanol–water partition coefficient (Wildman–Crippen LogP) is 3.39. The largest absolute Gasteiger partial charge is 0.508 e. The van der Waals surface area contributed by atoms with Crippen LogP contribution in [-0.4, -0.2) is 39.5 Å². The quantitative estimate of drug-likeness (QED) is 0.441. The first-order valence-corrected chi connectivity index (χ1v) is 9.88. The van der Waals surface area contributed by atoms with Gasteiger partial charge in [0.25, 0.3) is 5.91 Å². The highest BCUT2D eigenvalue weighted by atomic mass is 16.5. The summed E-state index contributed by atoms with van der Waals surface area (Å²) in [6.07, 6.45) is 0. The Hall–Kier alpha value is -3.33. The number of nitrogens with one attached hydrogen (secondary N) is 2. The van der Waals surface area contributed by atoms with Gasteiger partial charge in [-0.2, -0.15) is 0 Å². The molecule has 1 amide bonds. The summed E-state index contributed by atoms with van der Waals surface area (Å²) in [7, 11) is 0. The molecular formula is C21H26N4O5. The van der Waals surface area contributed by atoms with Crippen LogP contribution in [0.5, 0.6) is 11.5 Å². The van der Waals surface area contributed by atoms with Gasteiger partial charge in [0.1, 0.15) is 17.1 Å². The highest BCUT2D eigenvalue weighted by Crippen LogP contribution is 2.43. The number of phenols is 2. The van der Waals surface area contributed by atoms with Gasteiger partial charge in [0, 0.05) is 25.2 Å². The molecule has 0 radical (unpaired) electrons. The third kappa shape index (κ3) is 4.16. The summed E-state index contributed by atoms with van der Waals surface area (Å²) >= 11 is 0. The van der Waals surface area contributed by atoms with E-state index in [-0.39, 0.29) is 34.4 Å². The minimum absolute atomic E-state index is 0.00409. The molecule has 160 valence electrons. The fraction of sp³-hybridized carbons (Fsp3) is 0.381. The van der Waals surface area contributed by atoms with E-state index < -0.39 is 5.91 Å². The standard InChI is InChI=1S/C21H26N4O5/c1-5-22-10-12-7-17(29-24-12)18-19(21(28)23-6-2)25-30-20(18)14-8-13(11(3)4)15(26)9-16(14)27/h7-9,11,22,26-27H,5-6,10H2,1-4H3,(H,23,28). The summed E-state index contributed by atoms with van der Waals surface area (Å²) < 4.78 is 11.0. The lowest BCUT2D eigenvalue weighted by Gasteiger charge is -2.11. The number of phenolic OH excluding ortho intramolecular Hbond substituents is 2. The van der Waals surface area contributed by atoms with Crippen LogP contribution in [-0.2, 0) is 6.54 Å². The third-order valence-electron chi connectivity index (χ3n) is 4.62. The van der Waals surface area contributed by atoms with E-state index in [1.165, 1.54) is 6.07 Å². The number of hydrogen-bond acceptors (Lipinski definition) is 8. The summed E-state index contributed by atoms with van der Waals surface area (Å²) in [4.78, 5) is 12.6. The number of benzene rings is 1. The fourth-order valence-corrected chi connectivity index (χ4v) is 3.11. The van der Waals surface area contributed by atoms with Crippen molar-refractivity contribution < 1.29 is 24.1 Å². The Balaban J connectivity index is 2.18. The van der Waals surface area contributed by atoms with E-state index in [2.05, 4.69) is 20.9 Å². The normalized spacial score (nSPS) is 11.2. The summed E-state index contributed by atoms with van der Waals surface area (Å²) in [5, 5.41) is 34.5. The zero-order chi connectivity index (χ0) is 21.8. The van der Waals surface area contributed by atoms with Gasteiger partial charge in [0.2, 0.25) is 0 Å². The van der Waals surface area contributed by atoms with Gasteiger partial charge >= 0.3 is 0 Å². The van der Waals surface area contributed by atoms with Gasteiger partial charge in [-0.05, 0) is 31.0 Å². The molecule has 0 aliphatic rings. The number of hydrogen-bond donors (Lipinski definition) is 4. The van der Waals surface area contributed by atoms with Crippen molar-refractivity contribution in [3.05, 3.63) is 35.2 Å². The number of carbonyl (C=O) groups excluding carboxylic acids is 1. The van der Waals surface area contributed by atoms with Gasteiger partial charge in [-0.15, -0.1) is 0 Å². The molecule has 0 saturated carbocycles. The first-order chi connectivity index (χ1) is 14.4. The van der Waals surface area contributed by atoms with Crippen molar-refractivity contribution in [3.8, 4) is 34.1 Å². The number of aromatic nitrogens is 2. The average molecular weight is 414 g/mol. The number of nitrogens with zero attached hydrogens (tertiary/aromatic N) is 2. The lowest BCUT2D eigenvalue weighted by Crippen LogP contribution is -2.23. The maximum Gasteiger partial charge on any atom is 0.274 e. The zero-order valence-corrected chi connectivity index (χ0v) is 17.4.